The molecular weight excluding hydrogens is 363 g/mol. The second-order valence-corrected chi connectivity index (χ2v) is 7.29. The van der Waals surface area contributed by atoms with Gasteiger partial charge in [0.05, 0.1) is 17.0 Å². The predicted molar refractivity (Wildman–Crippen MR) is 106 cm³/mol. The lowest BCUT2D eigenvalue weighted by Gasteiger charge is -2.08. The molecule has 5 nitrogen and oxygen atoms in total. The molecule has 0 saturated heterocycles. The molecule has 0 bridgehead atoms. The zero-order valence-corrected chi connectivity index (χ0v) is 15.7. The highest BCUT2D eigenvalue weighted by atomic mass is 32.2. The Hall–Kier alpha value is -2.93. The van der Waals surface area contributed by atoms with Gasteiger partial charge >= 0.3 is 0 Å². The van der Waals surface area contributed by atoms with Crippen LogP contribution in [0.4, 0.5) is 10.1 Å². The highest BCUT2D eigenvalue weighted by Gasteiger charge is 2.14. The van der Waals surface area contributed by atoms with Gasteiger partial charge in [0.1, 0.15) is 5.82 Å². The van der Waals surface area contributed by atoms with E-state index in [4.69, 9.17) is 0 Å². The smallest absolute Gasteiger partial charge is 0.234 e. The maximum atomic E-state index is 13.7. The van der Waals surface area contributed by atoms with Gasteiger partial charge in [-0.25, -0.2) is 4.39 Å². The van der Waals surface area contributed by atoms with E-state index in [0.717, 1.165) is 22.1 Å². The summed E-state index contributed by atoms with van der Waals surface area (Å²) in [5, 5.41) is 12.8. The van der Waals surface area contributed by atoms with Crippen LogP contribution in [0.1, 0.15) is 11.1 Å². The number of halogens is 1. The summed E-state index contributed by atoms with van der Waals surface area (Å²) in [5.74, 6) is -0.647. The highest BCUT2D eigenvalue weighted by molar-refractivity contribution is 7.99. The molecule has 0 aliphatic heterocycles. The summed E-state index contributed by atoms with van der Waals surface area (Å²) in [5.41, 5.74) is 4.12. The fourth-order valence-corrected chi connectivity index (χ4v) is 3.75. The molecule has 0 unspecified atom stereocenters. The number of nitrogens with zero attached hydrogens (tertiary/aromatic N) is 3. The summed E-state index contributed by atoms with van der Waals surface area (Å²) < 4.78 is 15.6. The molecule has 0 aliphatic carbocycles. The van der Waals surface area contributed by atoms with E-state index in [1.54, 1.807) is 12.1 Å². The van der Waals surface area contributed by atoms with Crippen molar-refractivity contribution in [1.82, 2.24) is 14.6 Å². The quantitative estimate of drug-likeness (QED) is 0.534. The van der Waals surface area contributed by atoms with Gasteiger partial charge in [0, 0.05) is 0 Å². The standard InChI is InChI=1S/C20H17FN4OS/c1-12-7-8-17-14(9-12)10-13(2)19-23-24-20(25(17)19)27-11-18(26)22-16-6-4-3-5-15(16)21/h3-10H,11H2,1-2H3,(H,22,26). The Morgan fingerprint density at radius 3 is 2.78 bits per heavy atom. The molecule has 0 atom stereocenters. The van der Waals surface area contributed by atoms with Gasteiger partial charge in [-0.1, -0.05) is 35.5 Å². The van der Waals surface area contributed by atoms with Crippen LogP contribution in [0.15, 0.2) is 53.7 Å². The molecule has 0 saturated carbocycles. The van der Waals surface area contributed by atoms with Gasteiger partial charge in [-0.3, -0.25) is 9.20 Å². The van der Waals surface area contributed by atoms with E-state index in [-0.39, 0.29) is 17.3 Å². The number of carbonyl (C=O) groups is 1. The van der Waals surface area contributed by atoms with Crippen molar-refractivity contribution in [1.29, 1.82) is 0 Å². The molecular formula is C20H17FN4OS. The third-order valence-corrected chi connectivity index (χ3v) is 5.19. The van der Waals surface area contributed by atoms with Crippen molar-refractivity contribution in [2.75, 3.05) is 11.1 Å². The number of para-hydroxylation sites is 1. The van der Waals surface area contributed by atoms with Crippen LogP contribution in [-0.4, -0.2) is 26.3 Å². The Kier molecular flexibility index (Phi) is 4.53. The number of nitrogens with one attached hydrogen (secondary N) is 1. The third-order valence-electron chi connectivity index (χ3n) is 4.26. The minimum Gasteiger partial charge on any atom is -0.323 e. The molecule has 7 heteroatoms. The van der Waals surface area contributed by atoms with Crippen molar-refractivity contribution in [3.63, 3.8) is 0 Å². The van der Waals surface area contributed by atoms with E-state index >= 15 is 0 Å². The molecule has 4 rings (SSSR count). The first-order chi connectivity index (χ1) is 13.0. The molecule has 27 heavy (non-hydrogen) atoms. The fraction of sp³-hybridized carbons (Fsp3) is 0.150. The molecule has 2 heterocycles. The minimum atomic E-state index is -0.458. The van der Waals surface area contributed by atoms with Crippen molar-refractivity contribution in [2.24, 2.45) is 0 Å². The molecule has 4 aromatic rings. The molecule has 0 spiro atoms. The van der Waals surface area contributed by atoms with Crippen LogP contribution >= 0.6 is 11.8 Å². The van der Waals surface area contributed by atoms with E-state index in [1.807, 2.05) is 30.4 Å². The van der Waals surface area contributed by atoms with Crippen molar-refractivity contribution in [3.8, 4) is 0 Å². The maximum Gasteiger partial charge on any atom is 0.234 e. The number of aryl methyl sites for hydroxylation is 2. The second-order valence-electron chi connectivity index (χ2n) is 6.35. The summed E-state index contributed by atoms with van der Waals surface area (Å²) in [6, 6.07) is 14.4. The lowest BCUT2D eigenvalue weighted by molar-refractivity contribution is -0.113. The second kappa shape index (κ2) is 7.00. The SMILES string of the molecule is Cc1ccc2c(c1)cc(C)c1nnc(SCC(=O)Nc3ccccc3F)n12. The van der Waals surface area contributed by atoms with Crippen LogP contribution in [0.5, 0.6) is 0 Å². The molecule has 0 aliphatic rings. The summed E-state index contributed by atoms with van der Waals surface area (Å²) >= 11 is 1.27. The van der Waals surface area contributed by atoms with Crippen LogP contribution in [0.3, 0.4) is 0 Å². The Balaban J connectivity index is 1.62. The van der Waals surface area contributed by atoms with E-state index in [9.17, 15) is 9.18 Å². The molecule has 136 valence electrons. The number of amides is 1. The van der Waals surface area contributed by atoms with E-state index < -0.39 is 5.82 Å². The zero-order chi connectivity index (χ0) is 19.0. The number of benzene rings is 2. The summed E-state index contributed by atoms with van der Waals surface area (Å²) in [6.45, 7) is 4.04. The number of fused-ring (bicyclic) bond motifs is 3. The first-order valence-electron chi connectivity index (χ1n) is 8.45. The van der Waals surface area contributed by atoms with Crippen LogP contribution in [0.2, 0.25) is 0 Å². The molecule has 2 aromatic carbocycles. The fourth-order valence-electron chi connectivity index (χ4n) is 3.01. The number of anilines is 1. The Morgan fingerprint density at radius 2 is 1.96 bits per heavy atom. The molecule has 1 N–H and O–H groups in total. The number of hydrogen-bond acceptors (Lipinski definition) is 4. The normalized spacial score (nSPS) is 11.2. The number of pyridine rings is 1. The van der Waals surface area contributed by atoms with Gasteiger partial charge in [0.25, 0.3) is 0 Å². The zero-order valence-electron chi connectivity index (χ0n) is 14.9. The lowest BCUT2D eigenvalue weighted by atomic mass is 10.1. The number of thioether (sulfide) groups is 1. The summed E-state index contributed by atoms with van der Waals surface area (Å²) in [7, 11) is 0. The van der Waals surface area contributed by atoms with Gasteiger partial charge in [-0.15, -0.1) is 10.2 Å². The van der Waals surface area contributed by atoms with Crippen LogP contribution in [0.25, 0.3) is 16.6 Å². The molecule has 1 amide bonds. The Labute approximate surface area is 159 Å². The monoisotopic (exact) mass is 380 g/mol. The lowest BCUT2D eigenvalue weighted by Crippen LogP contribution is -2.15. The van der Waals surface area contributed by atoms with Crippen LogP contribution in [0, 0.1) is 19.7 Å². The molecule has 0 fully saturated rings. The molecule has 0 radical (unpaired) electrons. The van der Waals surface area contributed by atoms with Crippen molar-refractivity contribution < 1.29 is 9.18 Å². The topological polar surface area (TPSA) is 59.3 Å². The summed E-state index contributed by atoms with van der Waals surface area (Å²) in [6.07, 6.45) is 0. The number of carbonyl (C=O) groups excluding carboxylic acids is 1. The third kappa shape index (κ3) is 3.38. The van der Waals surface area contributed by atoms with Gasteiger partial charge in [-0.2, -0.15) is 0 Å². The summed E-state index contributed by atoms with van der Waals surface area (Å²) in [4.78, 5) is 12.2. The first kappa shape index (κ1) is 17.5. The Morgan fingerprint density at radius 1 is 1.15 bits per heavy atom. The van der Waals surface area contributed by atoms with E-state index in [0.29, 0.717) is 5.16 Å². The van der Waals surface area contributed by atoms with Crippen molar-refractivity contribution >= 4 is 39.9 Å². The van der Waals surface area contributed by atoms with Crippen LogP contribution in [-0.2, 0) is 4.79 Å². The average Bonchev–Trinajstić information content (AvgIpc) is 3.07. The number of rotatable bonds is 4. The first-order valence-corrected chi connectivity index (χ1v) is 9.44. The molecule has 2 aromatic heterocycles. The minimum absolute atomic E-state index is 0.108. The van der Waals surface area contributed by atoms with Gasteiger partial charge in [0.15, 0.2) is 10.8 Å². The van der Waals surface area contributed by atoms with Gasteiger partial charge < -0.3 is 5.32 Å². The maximum absolute atomic E-state index is 13.7. The van der Waals surface area contributed by atoms with Crippen molar-refractivity contribution in [3.05, 3.63) is 65.5 Å². The van der Waals surface area contributed by atoms with Gasteiger partial charge in [0.2, 0.25) is 5.91 Å². The number of hydrogen-bond donors (Lipinski definition) is 1. The highest BCUT2D eigenvalue weighted by Crippen LogP contribution is 2.26. The van der Waals surface area contributed by atoms with Crippen molar-refractivity contribution in [2.45, 2.75) is 19.0 Å². The van der Waals surface area contributed by atoms with E-state index in [1.165, 1.54) is 29.5 Å². The largest absolute Gasteiger partial charge is 0.323 e. The number of aromatic nitrogens is 3. The predicted octanol–water partition coefficient (Wildman–Crippen LogP) is 4.37. The van der Waals surface area contributed by atoms with Gasteiger partial charge in [-0.05, 0) is 55.1 Å². The average molecular weight is 380 g/mol. The van der Waals surface area contributed by atoms with E-state index in [2.05, 4.69) is 27.6 Å². The van der Waals surface area contributed by atoms with Crippen LogP contribution < -0.4 is 5.32 Å². The Bertz CT molecular complexity index is 1170.